The van der Waals surface area contributed by atoms with Gasteiger partial charge in [0.25, 0.3) is 0 Å². The summed E-state index contributed by atoms with van der Waals surface area (Å²) in [7, 11) is 0. The second-order valence-electron chi connectivity index (χ2n) is 2.14. The van der Waals surface area contributed by atoms with Crippen LogP contribution in [0.3, 0.4) is 0 Å². The van der Waals surface area contributed by atoms with Gasteiger partial charge in [0.1, 0.15) is 0 Å². The fourth-order valence-electron chi connectivity index (χ4n) is 0.761. The van der Waals surface area contributed by atoms with Crippen molar-refractivity contribution >= 4 is 28.2 Å². The largest absolute Gasteiger partial charge is 0.545 e. The molecule has 0 aliphatic rings. The molecule has 0 unspecified atom stereocenters. The van der Waals surface area contributed by atoms with E-state index in [4.69, 9.17) is 0 Å². The summed E-state index contributed by atoms with van der Waals surface area (Å²) in [4.78, 5) is 20.7. The highest BCUT2D eigenvalue weighted by Crippen LogP contribution is 2.15. The Labute approximate surface area is 77.1 Å². The molecule has 0 bridgehead atoms. The number of aromatic carboxylic acids is 1. The zero-order valence-corrected chi connectivity index (χ0v) is 7.50. The maximum atomic E-state index is 10.4. The molecule has 0 aromatic heterocycles. The van der Waals surface area contributed by atoms with Crippen LogP contribution in [0.1, 0.15) is 20.7 Å². The fourth-order valence-corrected chi connectivity index (χ4v) is 1.10. The van der Waals surface area contributed by atoms with Crippen molar-refractivity contribution in [3.05, 3.63) is 33.8 Å². The molecule has 0 atom stereocenters. The average Bonchev–Trinajstić information content (AvgIpc) is 2.05. The highest BCUT2D eigenvalue weighted by atomic mass is 79.9. The van der Waals surface area contributed by atoms with Crippen LogP contribution >= 0.6 is 15.9 Å². The van der Waals surface area contributed by atoms with Crippen LogP contribution in [0.25, 0.3) is 0 Å². The number of rotatable bonds is 2. The molecule has 4 heteroatoms. The molecule has 0 amide bonds. The van der Waals surface area contributed by atoms with Crippen molar-refractivity contribution in [2.45, 2.75) is 0 Å². The number of hydrogen-bond donors (Lipinski definition) is 0. The van der Waals surface area contributed by atoms with E-state index in [2.05, 4.69) is 15.9 Å². The molecule has 0 heterocycles. The first-order valence-electron chi connectivity index (χ1n) is 3.11. The molecule has 12 heavy (non-hydrogen) atoms. The predicted octanol–water partition coefficient (Wildman–Crippen LogP) is 0.625. The third-order valence-corrected chi connectivity index (χ3v) is 2.08. The molecule has 0 N–H and O–H groups in total. The van der Waals surface area contributed by atoms with Crippen LogP contribution in [0, 0.1) is 0 Å². The molecule has 3 nitrogen and oxygen atoms in total. The van der Waals surface area contributed by atoms with Crippen molar-refractivity contribution in [2.75, 3.05) is 0 Å². The van der Waals surface area contributed by atoms with Gasteiger partial charge in [-0.25, -0.2) is 0 Å². The summed E-state index contributed by atoms with van der Waals surface area (Å²) < 4.78 is 0.572. The first-order chi connectivity index (χ1) is 5.65. The topological polar surface area (TPSA) is 57.2 Å². The number of carbonyl (C=O) groups excluding carboxylic acids is 2. The Morgan fingerprint density at radius 1 is 1.50 bits per heavy atom. The summed E-state index contributed by atoms with van der Waals surface area (Å²) in [6.45, 7) is 0. The Morgan fingerprint density at radius 3 is 2.67 bits per heavy atom. The quantitative estimate of drug-likeness (QED) is 0.697. The molecule has 0 fully saturated rings. The summed E-state index contributed by atoms with van der Waals surface area (Å²) in [6.07, 6.45) is 0.580. The van der Waals surface area contributed by atoms with E-state index in [0.29, 0.717) is 16.3 Å². The maximum Gasteiger partial charge on any atom is 0.151 e. The highest BCUT2D eigenvalue weighted by Gasteiger charge is 2.00. The number of hydrogen-bond acceptors (Lipinski definition) is 3. The second kappa shape index (κ2) is 3.49. The van der Waals surface area contributed by atoms with Gasteiger partial charge in [-0.15, -0.1) is 0 Å². The van der Waals surface area contributed by atoms with E-state index >= 15 is 0 Å². The molecule has 0 aliphatic carbocycles. The fraction of sp³-hybridized carbons (Fsp3) is 0. The second-order valence-corrected chi connectivity index (χ2v) is 3.00. The van der Waals surface area contributed by atoms with Crippen molar-refractivity contribution in [3.8, 4) is 0 Å². The highest BCUT2D eigenvalue weighted by molar-refractivity contribution is 9.10. The molecule has 0 saturated carbocycles. The van der Waals surface area contributed by atoms with Gasteiger partial charge >= 0.3 is 0 Å². The van der Waals surface area contributed by atoms with Crippen LogP contribution in [-0.2, 0) is 0 Å². The molecule has 0 saturated heterocycles. The van der Waals surface area contributed by atoms with Crippen LogP contribution in [0.5, 0.6) is 0 Å². The van der Waals surface area contributed by atoms with Gasteiger partial charge in [-0.3, -0.25) is 4.79 Å². The number of carboxylic acid groups (broad SMARTS) is 1. The molecule has 62 valence electrons. The minimum atomic E-state index is -1.29. The molecular weight excluding hydrogens is 224 g/mol. The average molecular weight is 228 g/mol. The Bertz CT molecular complexity index is 333. The molecule has 1 aromatic rings. The number of benzene rings is 1. The van der Waals surface area contributed by atoms with E-state index in [1.165, 1.54) is 18.2 Å². The summed E-state index contributed by atoms with van der Waals surface area (Å²) in [5.41, 5.74) is 0.303. The summed E-state index contributed by atoms with van der Waals surface area (Å²) >= 11 is 3.10. The molecule has 0 radical (unpaired) electrons. The zero-order chi connectivity index (χ0) is 9.14. The Kier molecular flexibility index (Phi) is 2.60. The van der Waals surface area contributed by atoms with Crippen LogP contribution in [0.2, 0.25) is 0 Å². The van der Waals surface area contributed by atoms with E-state index in [-0.39, 0.29) is 5.56 Å². The lowest BCUT2D eigenvalue weighted by Gasteiger charge is -2.03. The summed E-state index contributed by atoms with van der Waals surface area (Å²) in [5.74, 6) is -1.29. The monoisotopic (exact) mass is 227 g/mol. The van der Waals surface area contributed by atoms with Crippen LogP contribution in [0.4, 0.5) is 0 Å². The third kappa shape index (κ3) is 1.71. The van der Waals surface area contributed by atoms with Crippen molar-refractivity contribution in [3.63, 3.8) is 0 Å². The van der Waals surface area contributed by atoms with Crippen molar-refractivity contribution in [1.82, 2.24) is 0 Å². The first kappa shape index (κ1) is 8.93. The van der Waals surface area contributed by atoms with Gasteiger partial charge in [0.05, 0.1) is 5.97 Å². The standard InChI is InChI=1S/C8H5BrO3/c9-7-2-1-5(8(11)12)3-6(7)4-10/h1-4H,(H,11,12)/p-1. The van der Waals surface area contributed by atoms with Gasteiger partial charge in [0.15, 0.2) is 6.29 Å². The number of aldehydes is 1. The summed E-state index contributed by atoms with van der Waals surface area (Å²) in [6, 6.07) is 4.12. The van der Waals surface area contributed by atoms with Gasteiger partial charge < -0.3 is 9.90 Å². The molecular formula is C8H4BrO3-. The normalized spacial score (nSPS) is 9.42. The SMILES string of the molecule is O=Cc1cc(C(=O)[O-])ccc1Br. The van der Waals surface area contributed by atoms with Gasteiger partial charge in [-0.05, 0) is 17.7 Å². The van der Waals surface area contributed by atoms with Gasteiger partial charge in [0, 0.05) is 10.0 Å². The molecule has 1 aromatic carbocycles. The minimum Gasteiger partial charge on any atom is -0.545 e. The number of carboxylic acids is 1. The third-order valence-electron chi connectivity index (χ3n) is 1.36. The van der Waals surface area contributed by atoms with Crippen molar-refractivity contribution in [1.29, 1.82) is 0 Å². The predicted molar refractivity (Wildman–Crippen MR) is 43.9 cm³/mol. The van der Waals surface area contributed by atoms with E-state index < -0.39 is 5.97 Å². The lowest BCUT2D eigenvalue weighted by atomic mass is 10.1. The smallest absolute Gasteiger partial charge is 0.151 e. The van der Waals surface area contributed by atoms with E-state index in [0.717, 1.165) is 0 Å². The number of halogens is 1. The van der Waals surface area contributed by atoms with Gasteiger partial charge in [0.2, 0.25) is 0 Å². The summed E-state index contributed by atoms with van der Waals surface area (Å²) in [5, 5.41) is 10.3. The van der Waals surface area contributed by atoms with Crippen LogP contribution < -0.4 is 5.11 Å². The number of carbonyl (C=O) groups is 2. The lowest BCUT2D eigenvalue weighted by molar-refractivity contribution is -0.255. The Morgan fingerprint density at radius 2 is 2.17 bits per heavy atom. The molecule has 0 aliphatic heterocycles. The molecule has 1 rings (SSSR count). The Hall–Kier alpha value is -1.16. The van der Waals surface area contributed by atoms with Crippen molar-refractivity contribution in [2.24, 2.45) is 0 Å². The molecule has 0 spiro atoms. The van der Waals surface area contributed by atoms with E-state index in [9.17, 15) is 14.7 Å². The zero-order valence-electron chi connectivity index (χ0n) is 5.91. The first-order valence-corrected chi connectivity index (χ1v) is 3.90. The Balaban J connectivity index is 3.22. The van der Waals surface area contributed by atoms with Crippen LogP contribution in [0.15, 0.2) is 22.7 Å². The lowest BCUT2D eigenvalue weighted by Crippen LogP contribution is -2.22. The maximum absolute atomic E-state index is 10.4. The minimum absolute atomic E-state index is 0.000278. The van der Waals surface area contributed by atoms with Crippen molar-refractivity contribution < 1.29 is 14.7 Å². The van der Waals surface area contributed by atoms with E-state index in [1.54, 1.807) is 0 Å². The van der Waals surface area contributed by atoms with E-state index in [1.807, 2.05) is 0 Å². The van der Waals surface area contributed by atoms with Gasteiger partial charge in [-0.1, -0.05) is 22.0 Å². The van der Waals surface area contributed by atoms with Gasteiger partial charge in [-0.2, -0.15) is 0 Å². The van der Waals surface area contributed by atoms with Crippen LogP contribution in [-0.4, -0.2) is 12.3 Å².